The van der Waals surface area contributed by atoms with Crippen molar-refractivity contribution >= 4 is 21.6 Å². The minimum Gasteiger partial charge on any atom is -0.317 e. The number of anilines is 1. The lowest BCUT2D eigenvalue weighted by Gasteiger charge is -2.23. The number of amides is 1. The number of hydrogen-bond donors (Lipinski definition) is 2. The number of carbonyl (C=O) groups is 1. The van der Waals surface area contributed by atoms with E-state index in [9.17, 15) is 13.2 Å². The van der Waals surface area contributed by atoms with Crippen LogP contribution < -0.4 is 14.9 Å². The van der Waals surface area contributed by atoms with Crippen LogP contribution in [0.2, 0.25) is 0 Å². The summed E-state index contributed by atoms with van der Waals surface area (Å²) in [6.07, 6.45) is 1.86. The van der Waals surface area contributed by atoms with Gasteiger partial charge in [-0.2, -0.15) is 0 Å². The molecule has 0 bridgehead atoms. The molecule has 2 heterocycles. The first-order valence-corrected chi connectivity index (χ1v) is 8.58. The maximum Gasteiger partial charge on any atom is 0.240 e. The van der Waals surface area contributed by atoms with Gasteiger partial charge < -0.3 is 10.2 Å². The number of hydrogen-bond acceptors (Lipinski definition) is 4. The molecule has 0 saturated carbocycles. The van der Waals surface area contributed by atoms with Gasteiger partial charge in [0, 0.05) is 18.8 Å². The summed E-state index contributed by atoms with van der Waals surface area (Å²) in [5.74, 6) is -0.00846. The van der Waals surface area contributed by atoms with Crippen molar-refractivity contribution in [2.45, 2.75) is 30.2 Å². The average Bonchev–Trinajstić information content (AvgIpc) is 2.74. The Morgan fingerprint density at radius 3 is 2.71 bits per heavy atom. The lowest BCUT2D eigenvalue weighted by molar-refractivity contribution is -0.117. The zero-order chi connectivity index (χ0) is 15.0. The summed E-state index contributed by atoms with van der Waals surface area (Å²) in [4.78, 5) is 13.5. The molecule has 1 amide bonds. The summed E-state index contributed by atoms with van der Waals surface area (Å²) >= 11 is 0. The van der Waals surface area contributed by atoms with Crippen LogP contribution >= 0.6 is 0 Å². The van der Waals surface area contributed by atoms with Gasteiger partial charge in [-0.25, -0.2) is 13.1 Å². The fourth-order valence-electron chi connectivity index (χ4n) is 2.84. The molecule has 0 unspecified atom stereocenters. The summed E-state index contributed by atoms with van der Waals surface area (Å²) in [7, 11) is -1.82. The Kier molecular flexibility index (Phi) is 3.73. The number of nitrogens with zero attached hydrogens (tertiary/aromatic N) is 1. The predicted octanol–water partition coefficient (Wildman–Crippen LogP) is 0.236. The smallest absolute Gasteiger partial charge is 0.240 e. The van der Waals surface area contributed by atoms with Gasteiger partial charge in [-0.3, -0.25) is 4.79 Å². The highest BCUT2D eigenvalue weighted by Gasteiger charge is 2.27. The second-order valence-corrected chi connectivity index (χ2v) is 7.28. The second kappa shape index (κ2) is 5.40. The molecule has 1 aromatic rings. The van der Waals surface area contributed by atoms with Gasteiger partial charge in [0.25, 0.3) is 0 Å². The van der Waals surface area contributed by atoms with Gasteiger partial charge in [-0.05, 0) is 49.7 Å². The predicted molar refractivity (Wildman–Crippen MR) is 79.8 cm³/mol. The molecule has 0 aromatic heterocycles. The molecule has 3 rings (SSSR count). The van der Waals surface area contributed by atoms with Crippen LogP contribution in [0.25, 0.3) is 0 Å². The molecule has 21 heavy (non-hydrogen) atoms. The largest absolute Gasteiger partial charge is 0.317 e. The molecule has 2 aliphatic heterocycles. The summed E-state index contributed by atoms with van der Waals surface area (Å²) in [6.45, 7) is 1.66. The first-order valence-electron chi connectivity index (χ1n) is 7.10. The maximum atomic E-state index is 12.4. The summed E-state index contributed by atoms with van der Waals surface area (Å²) in [5, 5.41) is 3.21. The third-order valence-electron chi connectivity index (χ3n) is 4.10. The van der Waals surface area contributed by atoms with Crippen molar-refractivity contribution in [3.05, 3.63) is 23.8 Å². The van der Waals surface area contributed by atoms with Crippen LogP contribution in [0, 0.1) is 0 Å². The summed E-state index contributed by atoms with van der Waals surface area (Å²) in [6, 6.07) is 4.86. The van der Waals surface area contributed by atoms with E-state index >= 15 is 0 Å². The SMILES string of the molecule is CN1C(=O)Cc2cc(S(=O)(=O)NC3CCNCC3)ccc21. The fourth-order valence-corrected chi connectivity index (χ4v) is 4.20. The van der Waals surface area contributed by atoms with Gasteiger partial charge in [-0.1, -0.05) is 0 Å². The van der Waals surface area contributed by atoms with Crippen LogP contribution in [-0.4, -0.2) is 40.5 Å². The van der Waals surface area contributed by atoms with E-state index in [1.54, 1.807) is 30.1 Å². The molecule has 2 N–H and O–H groups in total. The number of piperidine rings is 1. The van der Waals surface area contributed by atoms with E-state index in [0.29, 0.717) is 0 Å². The number of nitrogens with one attached hydrogen (secondary N) is 2. The van der Waals surface area contributed by atoms with Gasteiger partial charge in [0.15, 0.2) is 0 Å². The van der Waals surface area contributed by atoms with Gasteiger partial charge in [0.05, 0.1) is 11.3 Å². The zero-order valence-electron chi connectivity index (χ0n) is 11.9. The maximum absolute atomic E-state index is 12.4. The minimum atomic E-state index is -3.52. The average molecular weight is 309 g/mol. The van der Waals surface area contributed by atoms with Crippen LogP contribution in [0.5, 0.6) is 0 Å². The molecule has 0 spiro atoms. The molecule has 7 heteroatoms. The lowest BCUT2D eigenvalue weighted by atomic mass is 10.1. The number of rotatable bonds is 3. The monoisotopic (exact) mass is 309 g/mol. The highest BCUT2D eigenvalue weighted by atomic mass is 32.2. The van der Waals surface area contributed by atoms with Crippen molar-refractivity contribution in [3.63, 3.8) is 0 Å². The Labute approximate surface area is 124 Å². The van der Waals surface area contributed by atoms with E-state index in [2.05, 4.69) is 10.0 Å². The first kappa shape index (κ1) is 14.5. The van der Waals surface area contributed by atoms with Crippen molar-refractivity contribution < 1.29 is 13.2 Å². The van der Waals surface area contributed by atoms with E-state index in [1.165, 1.54) is 0 Å². The zero-order valence-corrected chi connectivity index (χ0v) is 12.7. The molecule has 0 radical (unpaired) electrons. The molecule has 114 valence electrons. The number of carbonyl (C=O) groups excluding carboxylic acids is 1. The Morgan fingerprint density at radius 2 is 2.00 bits per heavy atom. The normalized spacial score (nSPS) is 19.9. The van der Waals surface area contributed by atoms with Crippen LogP contribution in [0.3, 0.4) is 0 Å². The molecule has 1 fully saturated rings. The van der Waals surface area contributed by atoms with Gasteiger partial charge >= 0.3 is 0 Å². The number of likely N-dealkylation sites (N-methyl/N-ethyl adjacent to an activating group) is 1. The van der Waals surface area contributed by atoms with E-state index in [1.807, 2.05) is 0 Å². The second-order valence-electron chi connectivity index (χ2n) is 5.57. The van der Waals surface area contributed by atoms with Gasteiger partial charge in [0.1, 0.15) is 0 Å². The Balaban J connectivity index is 1.83. The topological polar surface area (TPSA) is 78.5 Å². The lowest BCUT2D eigenvalue weighted by Crippen LogP contribution is -2.42. The third kappa shape index (κ3) is 2.81. The van der Waals surface area contributed by atoms with Crippen molar-refractivity contribution in [3.8, 4) is 0 Å². The van der Waals surface area contributed by atoms with E-state index in [0.717, 1.165) is 37.2 Å². The van der Waals surface area contributed by atoms with Crippen LogP contribution in [0.4, 0.5) is 5.69 Å². The molecular weight excluding hydrogens is 290 g/mol. The van der Waals surface area contributed by atoms with Crippen molar-refractivity contribution in [1.82, 2.24) is 10.0 Å². The van der Waals surface area contributed by atoms with Gasteiger partial charge in [0.2, 0.25) is 15.9 Å². The molecule has 1 saturated heterocycles. The third-order valence-corrected chi connectivity index (χ3v) is 5.62. The minimum absolute atomic E-state index is 0.00846. The fraction of sp³-hybridized carbons (Fsp3) is 0.500. The Morgan fingerprint density at radius 1 is 1.29 bits per heavy atom. The van der Waals surface area contributed by atoms with Crippen molar-refractivity contribution in [2.75, 3.05) is 25.0 Å². The van der Waals surface area contributed by atoms with Gasteiger partial charge in [-0.15, -0.1) is 0 Å². The molecule has 0 atom stereocenters. The molecule has 0 aliphatic carbocycles. The highest BCUT2D eigenvalue weighted by molar-refractivity contribution is 7.89. The van der Waals surface area contributed by atoms with E-state index < -0.39 is 10.0 Å². The number of fused-ring (bicyclic) bond motifs is 1. The summed E-state index contributed by atoms with van der Waals surface area (Å²) < 4.78 is 27.6. The van der Waals surface area contributed by atoms with Crippen LogP contribution in [0.1, 0.15) is 18.4 Å². The van der Waals surface area contributed by atoms with Crippen molar-refractivity contribution in [2.24, 2.45) is 0 Å². The van der Waals surface area contributed by atoms with E-state index in [-0.39, 0.29) is 23.3 Å². The number of benzene rings is 1. The first-order chi connectivity index (χ1) is 9.97. The van der Waals surface area contributed by atoms with Crippen molar-refractivity contribution in [1.29, 1.82) is 0 Å². The van der Waals surface area contributed by atoms with Crippen LogP contribution in [-0.2, 0) is 21.2 Å². The quantitative estimate of drug-likeness (QED) is 0.838. The Bertz CT molecular complexity index is 666. The summed E-state index contributed by atoms with van der Waals surface area (Å²) in [5.41, 5.74) is 1.57. The molecule has 2 aliphatic rings. The molecule has 6 nitrogen and oxygen atoms in total. The number of sulfonamides is 1. The van der Waals surface area contributed by atoms with E-state index in [4.69, 9.17) is 0 Å². The Hall–Kier alpha value is -1.44. The molecule has 1 aromatic carbocycles. The molecular formula is C14H19N3O3S. The highest BCUT2D eigenvalue weighted by Crippen LogP contribution is 2.29. The van der Waals surface area contributed by atoms with Crippen LogP contribution in [0.15, 0.2) is 23.1 Å². The standard InChI is InChI=1S/C14H19N3O3S/c1-17-13-3-2-12(8-10(13)9-14(17)18)21(19,20)16-11-4-6-15-7-5-11/h2-3,8,11,15-16H,4-7,9H2,1H3.